The van der Waals surface area contributed by atoms with Crippen molar-refractivity contribution >= 4 is 5.69 Å². The SMILES string of the molecule is CCCCN(C)c1ccc(CNCCC)cc1OC(C)C. The Bertz CT molecular complexity index is 404. The van der Waals surface area contributed by atoms with Gasteiger partial charge in [-0.15, -0.1) is 0 Å². The average Bonchev–Trinajstić information content (AvgIpc) is 2.44. The maximum absolute atomic E-state index is 6.02. The zero-order valence-corrected chi connectivity index (χ0v) is 14.4. The molecule has 1 N–H and O–H groups in total. The maximum atomic E-state index is 6.02. The van der Waals surface area contributed by atoms with Crippen LogP contribution < -0.4 is 15.0 Å². The van der Waals surface area contributed by atoms with Crippen LogP contribution in [0.1, 0.15) is 52.5 Å². The van der Waals surface area contributed by atoms with Crippen molar-refractivity contribution < 1.29 is 4.74 Å². The summed E-state index contributed by atoms with van der Waals surface area (Å²) < 4.78 is 6.02. The molecule has 0 aliphatic carbocycles. The minimum atomic E-state index is 0.196. The molecule has 1 aromatic rings. The van der Waals surface area contributed by atoms with Gasteiger partial charge in [-0.3, -0.25) is 0 Å². The molecule has 1 rings (SSSR count). The summed E-state index contributed by atoms with van der Waals surface area (Å²) in [5.41, 5.74) is 2.48. The van der Waals surface area contributed by atoms with Crippen LogP contribution >= 0.6 is 0 Å². The molecule has 0 heterocycles. The number of nitrogens with one attached hydrogen (secondary N) is 1. The zero-order valence-electron chi connectivity index (χ0n) is 14.4. The Morgan fingerprint density at radius 2 is 1.95 bits per heavy atom. The van der Waals surface area contributed by atoms with Crippen molar-refractivity contribution in [3.05, 3.63) is 23.8 Å². The molecule has 3 heteroatoms. The molecule has 0 atom stereocenters. The molecule has 0 amide bonds. The van der Waals surface area contributed by atoms with Gasteiger partial charge in [0.25, 0.3) is 0 Å². The summed E-state index contributed by atoms with van der Waals surface area (Å²) >= 11 is 0. The summed E-state index contributed by atoms with van der Waals surface area (Å²) in [5.74, 6) is 0.999. The second-order valence-corrected chi connectivity index (χ2v) is 5.92. The lowest BCUT2D eigenvalue weighted by atomic mass is 10.1. The molecule has 0 saturated carbocycles. The van der Waals surface area contributed by atoms with Crippen LogP contribution in [0.4, 0.5) is 5.69 Å². The molecule has 0 aliphatic heterocycles. The fourth-order valence-corrected chi connectivity index (χ4v) is 2.26. The molecule has 0 aliphatic rings. The van der Waals surface area contributed by atoms with Gasteiger partial charge in [-0.25, -0.2) is 0 Å². The third-order valence-corrected chi connectivity index (χ3v) is 3.40. The van der Waals surface area contributed by atoms with Gasteiger partial charge in [-0.1, -0.05) is 26.3 Å². The number of benzene rings is 1. The lowest BCUT2D eigenvalue weighted by Crippen LogP contribution is -2.21. The molecular weight excluding hydrogens is 260 g/mol. The Morgan fingerprint density at radius 3 is 2.57 bits per heavy atom. The first kappa shape index (κ1) is 17.8. The van der Waals surface area contributed by atoms with Crippen LogP contribution in [0.15, 0.2) is 18.2 Å². The first-order valence-electron chi connectivity index (χ1n) is 8.29. The molecule has 0 fully saturated rings. The highest BCUT2D eigenvalue weighted by Gasteiger charge is 2.11. The summed E-state index contributed by atoms with van der Waals surface area (Å²) in [7, 11) is 2.15. The first-order valence-corrected chi connectivity index (χ1v) is 8.29. The third kappa shape index (κ3) is 6.38. The molecular formula is C18H32N2O. The van der Waals surface area contributed by atoms with Gasteiger partial charge < -0.3 is 15.0 Å². The van der Waals surface area contributed by atoms with Crippen LogP contribution in [0.2, 0.25) is 0 Å². The highest BCUT2D eigenvalue weighted by molar-refractivity contribution is 5.59. The van der Waals surface area contributed by atoms with E-state index < -0.39 is 0 Å². The summed E-state index contributed by atoms with van der Waals surface area (Å²) in [6.45, 7) is 11.6. The topological polar surface area (TPSA) is 24.5 Å². The van der Waals surface area contributed by atoms with Gasteiger partial charge in [0.2, 0.25) is 0 Å². The first-order chi connectivity index (χ1) is 10.1. The maximum Gasteiger partial charge on any atom is 0.143 e. The van der Waals surface area contributed by atoms with Crippen LogP contribution in [-0.4, -0.2) is 26.2 Å². The molecule has 0 aromatic heterocycles. The van der Waals surface area contributed by atoms with E-state index in [4.69, 9.17) is 4.74 Å². The number of rotatable bonds is 10. The highest BCUT2D eigenvalue weighted by Crippen LogP contribution is 2.30. The Morgan fingerprint density at radius 1 is 1.19 bits per heavy atom. The van der Waals surface area contributed by atoms with E-state index in [0.29, 0.717) is 0 Å². The Kier molecular flexibility index (Phi) is 8.21. The average molecular weight is 292 g/mol. The Hall–Kier alpha value is -1.22. The molecule has 0 saturated heterocycles. The van der Waals surface area contributed by atoms with Gasteiger partial charge in [0.1, 0.15) is 5.75 Å². The van der Waals surface area contributed by atoms with Crippen LogP contribution in [0.5, 0.6) is 5.75 Å². The standard InChI is InChI=1S/C18H32N2O/c1-6-8-12-20(5)17-10-9-16(14-19-11-7-2)13-18(17)21-15(3)4/h9-10,13,15,19H,6-8,11-12,14H2,1-5H3. The van der Waals surface area contributed by atoms with Crippen molar-refractivity contribution in [2.24, 2.45) is 0 Å². The number of hydrogen-bond acceptors (Lipinski definition) is 3. The van der Waals surface area contributed by atoms with Gasteiger partial charge in [0, 0.05) is 20.1 Å². The number of ether oxygens (including phenoxy) is 1. The van der Waals surface area contributed by atoms with Gasteiger partial charge in [0.05, 0.1) is 11.8 Å². The summed E-state index contributed by atoms with van der Waals surface area (Å²) in [4.78, 5) is 2.30. The molecule has 0 unspecified atom stereocenters. The van der Waals surface area contributed by atoms with Crippen molar-refractivity contribution in [1.29, 1.82) is 0 Å². The number of nitrogens with zero attached hydrogens (tertiary/aromatic N) is 1. The fraction of sp³-hybridized carbons (Fsp3) is 0.667. The van der Waals surface area contributed by atoms with E-state index in [-0.39, 0.29) is 6.10 Å². The fourth-order valence-electron chi connectivity index (χ4n) is 2.26. The zero-order chi connectivity index (χ0) is 15.7. The van der Waals surface area contributed by atoms with Crippen molar-refractivity contribution in [3.63, 3.8) is 0 Å². The predicted molar refractivity (Wildman–Crippen MR) is 92.4 cm³/mol. The van der Waals surface area contributed by atoms with E-state index >= 15 is 0 Å². The van der Waals surface area contributed by atoms with Crippen molar-refractivity contribution in [1.82, 2.24) is 5.32 Å². The summed E-state index contributed by atoms with van der Waals surface area (Å²) in [6, 6.07) is 6.57. The molecule has 0 bridgehead atoms. The summed E-state index contributed by atoms with van der Waals surface area (Å²) in [5, 5.41) is 3.45. The van der Waals surface area contributed by atoms with Crippen LogP contribution in [0.3, 0.4) is 0 Å². The van der Waals surface area contributed by atoms with Gasteiger partial charge in [-0.05, 0) is 50.9 Å². The molecule has 1 aromatic carbocycles. The molecule has 3 nitrogen and oxygen atoms in total. The van der Waals surface area contributed by atoms with Crippen LogP contribution in [0.25, 0.3) is 0 Å². The smallest absolute Gasteiger partial charge is 0.143 e. The van der Waals surface area contributed by atoms with E-state index in [1.54, 1.807) is 0 Å². The second-order valence-electron chi connectivity index (χ2n) is 5.92. The van der Waals surface area contributed by atoms with Crippen LogP contribution in [0, 0.1) is 0 Å². The van der Waals surface area contributed by atoms with Crippen molar-refractivity contribution in [3.8, 4) is 5.75 Å². The van der Waals surface area contributed by atoms with Crippen molar-refractivity contribution in [2.45, 2.75) is 59.6 Å². The monoisotopic (exact) mass is 292 g/mol. The number of unbranched alkanes of at least 4 members (excludes halogenated alkanes) is 1. The Balaban J connectivity index is 2.85. The van der Waals surface area contributed by atoms with E-state index in [2.05, 4.69) is 63.2 Å². The Labute approximate surface area is 130 Å². The van der Waals surface area contributed by atoms with Gasteiger partial charge >= 0.3 is 0 Å². The van der Waals surface area contributed by atoms with Crippen molar-refractivity contribution in [2.75, 3.05) is 25.0 Å². The number of anilines is 1. The van der Waals surface area contributed by atoms with E-state index in [1.807, 2.05) is 0 Å². The minimum absolute atomic E-state index is 0.196. The highest BCUT2D eigenvalue weighted by atomic mass is 16.5. The van der Waals surface area contributed by atoms with Gasteiger partial charge in [-0.2, -0.15) is 0 Å². The lowest BCUT2D eigenvalue weighted by molar-refractivity contribution is 0.242. The molecule has 0 radical (unpaired) electrons. The van der Waals surface area contributed by atoms with E-state index in [0.717, 1.165) is 31.8 Å². The van der Waals surface area contributed by atoms with E-state index in [9.17, 15) is 0 Å². The quantitative estimate of drug-likeness (QED) is 0.654. The normalized spacial score (nSPS) is 11.0. The van der Waals surface area contributed by atoms with Gasteiger partial charge in [0.15, 0.2) is 0 Å². The number of hydrogen-bond donors (Lipinski definition) is 1. The lowest BCUT2D eigenvalue weighted by Gasteiger charge is -2.24. The molecule has 120 valence electrons. The van der Waals surface area contributed by atoms with Crippen LogP contribution in [-0.2, 0) is 6.54 Å². The second kappa shape index (κ2) is 9.67. The largest absolute Gasteiger partial charge is 0.489 e. The van der Waals surface area contributed by atoms with E-state index in [1.165, 1.54) is 24.1 Å². The summed E-state index contributed by atoms with van der Waals surface area (Å²) in [6.07, 6.45) is 3.77. The minimum Gasteiger partial charge on any atom is -0.489 e. The molecule has 21 heavy (non-hydrogen) atoms. The third-order valence-electron chi connectivity index (χ3n) is 3.40. The predicted octanol–water partition coefficient (Wildman–Crippen LogP) is 4.21. The molecule has 0 spiro atoms.